The van der Waals surface area contributed by atoms with E-state index >= 15 is 0 Å². The molecule has 0 bridgehead atoms. The summed E-state index contributed by atoms with van der Waals surface area (Å²) in [6, 6.07) is 8.66. The van der Waals surface area contributed by atoms with Crippen molar-refractivity contribution in [2.24, 2.45) is 0 Å². The summed E-state index contributed by atoms with van der Waals surface area (Å²) in [5.74, 6) is -1.01. The van der Waals surface area contributed by atoms with Crippen molar-refractivity contribution < 1.29 is 48.2 Å². The number of nitrogen functional groups attached to an aromatic ring is 1. The molecule has 2 aromatic carbocycles. The minimum atomic E-state index is -3.88. The molecule has 0 aliphatic rings. The van der Waals surface area contributed by atoms with Crippen molar-refractivity contribution in [3.8, 4) is 11.5 Å². The van der Waals surface area contributed by atoms with Crippen LogP contribution in [0.4, 0.5) is 5.69 Å². The van der Waals surface area contributed by atoms with Crippen LogP contribution in [0.15, 0.2) is 52.3 Å². The number of sulfone groups is 1. The summed E-state index contributed by atoms with van der Waals surface area (Å²) < 4.78 is 24.3. The molecule has 19 heavy (non-hydrogen) atoms. The molecule has 0 aliphatic carbocycles. The van der Waals surface area contributed by atoms with Gasteiger partial charge in [0.1, 0.15) is 5.75 Å². The van der Waals surface area contributed by atoms with Gasteiger partial charge in [-0.1, -0.05) is 5.75 Å². The van der Waals surface area contributed by atoms with Crippen molar-refractivity contribution in [3.63, 3.8) is 0 Å². The summed E-state index contributed by atoms with van der Waals surface area (Å²) in [4.78, 5) is -0.385. The van der Waals surface area contributed by atoms with Gasteiger partial charge in [-0.15, -0.1) is 0 Å². The predicted octanol–water partition coefficient (Wildman–Crippen LogP) is -2.12. The number of hydrogen-bond donors (Lipinski definition) is 2. The minimum absolute atomic E-state index is 0. The van der Waals surface area contributed by atoms with Crippen molar-refractivity contribution in [2.75, 3.05) is 5.73 Å². The van der Waals surface area contributed by atoms with Gasteiger partial charge in [0.15, 0.2) is 0 Å². The van der Waals surface area contributed by atoms with E-state index in [0.717, 1.165) is 18.2 Å². The molecule has 0 fully saturated rings. The molecule has 2 rings (SSSR count). The molecule has 0 aromatic heterocycles. The first-order valence-electron chi connectivity index (χ1n) is 5.02. The fourth-order valence-corrected chi connectivity index (χ4v) is 2.81. The third-order valence-electron chi connectivity index (χ3n) is 2.41. The van der Waals surface area contributed by atoms with Gasteiger partial charge >= 0.3 is 29.6 Å². The maximum atomic E-state index is 12.2. The van der Waals surface area contributed by atoms with Gasteiger partial charge in [0.2, 0.25) is 9.84 Å². The zero-order valence-corrected chi connectivity index (χ0v) is 13.0. The standard InChI is InChI=1S/C12H11NO4S.Na/c13-8-1-4-10(5-2-8)18(16,17)12-6-3-9(14)7-11(12)15;/h1-7,14-15H,13H2;/q;+1/p-1. The molecule has 5 nitrogen and oxygen atoms in total. The summed E-state index contributed by atoms with van der Waals surface area (Å²) in [6.07, 6.45) is 0. The summed E-state index contributed by atoms with van der Waals surface area (Å²) in [7, 11) is -3.88. The molecular formula is C12H10NNaO4S. The van der Waals surface area contributed by atoms with Crippen LogP contribution in [-0.4, -0.2) is 13.5 Å². The Balaban J connectivity index is 0.00000180. The average Bonchev–Trinajstić information content (AvgIpc) is 2.29. The number of hydrogen-bond acceptors (Lipinski definition) is 5. The first-order chi connectivity index (χ1) is 8.41. The molecule has 0 saturated heterocycles. The molecule has 0 radical (unpaired) electrons. The number of rotatable bonds is 2. The summed E-state index contributed by atoms with van der Waals surface area (Å²) in [5, 5.41) is 20.7. The van der Waals surface area contributed by atoms with Crippen molar-refractivity contribution in [1.29, 1.82) is 0 Å². The second-order valence-electron chi connectivity index (χ2n) is 3.70. The normalized spacial score (nSPS) is 10.7. The first kappa shape index (κ1) is 15.8. The summed E-state index contributed by atoms with van der Waals surface area (Å²) in [5.41, 5.74) is 5.90. The van der Waals surface area contributed by atoms with Crippen LogP contribution < -0.4 is 40.4 Å². The second kappa shape index (κ2) is 5.83. The molecule has 7 heteroatoms. The fourth-order valence-electron chi connectivity index (χ4n) is 1.49. The number of anilines is 1. The van der Waals surface area contributed by atoms with E-state index in [4.69, 9.17) is 10.8 Å². The molecule has 0 unspecified atom stereocenters. The van der Waals surface area contributed by atoms with Crippen molar-refractivity contribution in [2.45, 2.75) is 9.79 Å². The van der Waals surface area contributed by atoms with Crippen LogP contribution in [-0.2, 0) is 9.84 Å². The molecule has 0 saturated carbocycles. The van der Waals surface area contributed by atoms with Crippen molar-refractivity contribution in [3.05, 3.63) is 42.5 Å². The van der Waals surface area contributed by atoms with E-state index in [1.165, 1.54) is 24.3 Å². The van der Waals surface area contributed by atoms with Crippen molar-refractivity contribution >= 4 is 15.5 Å². The number of aromatic hydroxyl groups is 1. The third-order valence-corrected chi connectivity index (χ3v) is 4.22. The van der Waals surface area contributed by atoms with Crippen LogP contribution in [0.3, 0.4) is 0 Å². The number of nitrogens with two attached hydrogens (primary N) is 1. The van der Waals surface area contributed by atoms with Crippen LogP contribution >= 0.6 is 0 Å². The van der Waals surface area contributed by atoms with Crippen LogP contribution in [0, 0.1) is 0 Å². The maximum absolute atomic E-state index is 12.2. The Bertz CT molecular complexity index is 683. The molecule has 2 aromatic rings. The Morgan fingerprint density at radius 2 is 1.63 bits per heavy atom. The average molecular weight is 287 g/mol. The Morgan fingerprint density at radius 1 is 1.05 bits per heavy atom. The van der Waals surface area contributed by atoms with Crippen LogP contribution in [0.5, 0.6) is 11.5 Å². The topological polar surface area (TPSA) is 103 Å². The van der Waals surface area contributed by atoms with Crippen LogP contribution in [0.1, 0.15) is 0 Å². The molecule has 0 spiro atoms. The number of benzene rings is 2. The zero-order chi connectivity index (χ0) is 13.3. The third kappa shape index (κ3) is 3.22. The number of phenolic OH excluding ortho intramolecular Hbond substituents is 1. The first-order valence-corrected chi connectivity index (χ1v) is 6.50. The minimum Gasteiger partial charge on any atom is -0.871 e. The maximum Gasteiger partial charge on any atom is 1.00 e. The molecule has 0 amide bonds. The van der Waals surface area contributed by atoms with Gasteiger partial charge in [-0.05, 0) is 42.5 Å². The Hall–Kier alpha value is -1.21. The van der Waals surface area contributed by atoms with Crippen LogP contribution in [0.2, 0.25) is 0 Å². The predicted molar refractivity (Wildman–Crippen MR) is 63.9 cm³/mol. The van der Waals surface area contributed by atoms with Gasteiger partial charge < -0.3 is 15.9 Å². The van der Waals surface area contributed by atoms with Crippen LogP contribution in [0.25, 0.3) is 0 Å². The van der Waals surface area contributed by atoms with Gasteiger partial charge in [0, 0.05) is 5.69 Å². The fraction of sp³-hybridized carbons (Fsp3) is 0. The monoisotopic (exact) mass is 287 g/mol. The van der Waals surface area contributed by atoms with Gasteiger partial charge in [-0.3, -0.25) is 0 Å². The second-order valence-corrected chi connectivity index (χ2v) is 5.62. The SMILES string of the molecule is Nc1ccc(S(=O)(=O)c2ccc(O)cc2[O-])cc1.[Na+]. The number of phenols is 1. The smallest absolute Gasteiger partial charge is 0.871 e. The van der Waals surface area contributed by atoms with Gasteiger partial charge in [0.05, 0.1) is 9.79 Å². The van der Waals surface area contributed by atoms with E-state index in [9.17, 15) is 13.5 Å². The van der Waals surface area contributed by atoms with Gasteiger partial charge in [-0.25, -0.2) is 8.42 Å². The van der Waals surface area contributed by atoms with E-state index in [0.29, 0.717) is 5.69 Å². The molecule has 0 aliphatic heterocycles. The molecule has 0 atom stereocenters. The van der Waals surface area contributed by atoms with E-state index in [2.05, 4.69) is 0 Å². The quantitative estimate of drug-likeness (QED) is 0.486. The molecule has 0 heterocycles. The van der Waals surface area contributed by atoms with E-state index in [-0.39, 0.29) is 45.1 Å². The Labute approximate surface area is 132 Å². The molecule has 3 N–H and O–H groups in total. The van der Waals surface area contributed by atoms with E-state index in [1.807, 2.05) is 0 Å². The van der Waals surface area contributed by atoms with E-state index < -0.39 is 15.6 Å². The van der Waals surface area contributed by atoms with Crippen molar-refractivity contribution in [1.82, 2.24) is 0 Å². The van der Waals surface area contributed by atoms with Gasteiger partial charge in [0.25, 0.3) is 0 Å². The largest absolute Gasteiger partial charge is 1.00 e. The molecule has 94 valence electrons. The molecular weight excluding hydrogens is 277 g/mol. The Kier molecular flexibility index (Phi) is 4.86. The Morgan fingerprint density at radius 3 is 2.16 bits per heavy atom. The van der Waals surface area contributed by atoms with Gasteiger partial charge in [-0.2, -0.15) is 0 Å². The summed E-state index contributed by atoms with van der Waals surface area (Å²) >= 11 is 0. The summed E-state index contributed by atoms with van der Waals surface area (Å²) in [6.45, 7) is 0. The van der Waals surface area contributed by atoms with E-state index in [1.54, 1.807) is 0 Å². The zero-order valence-electron chi connectivity index (χ0n) is 10.2.